The van der Waals surface area contributed by atoms with E-state index < -0.39 is 6.04 Å². The summed E-state index contributed by atoms with van der Waals surface area (Å²) in [5.74, 6) is 0.202. The molecule has 0 saturated heterocycles. The van der Waals surface area contributed by atoms with Crippen molar-refractivity contribution in [1.82, 2.24) is 9.97 Å². The predicted octanol–water partition coefficient (Wildman–Crippen LogP) is 4.48. The molecule has 0 aliphatic rings. The number of nitrogens with one attached hydrogen (secondary N) is 2. The van der Waals surface area contributed by atoms with E-state index in [1.165, 1.54) is 13.4 Å². The van der Waals surface area contributed by atoms with Gasteiger partial charge in [-0.2, -0.15) is 0 Å². The third-order valence-corrected chi connectivity index (χ3v) is 4.41. The Hall–Kier alpha value is -3.45. The second-order valence-corrected chi connectivity index (χ2v) is 8.09. The molecule has 2 aromatic carbocycles. The van der Waals surface area contributed by atoms with Gasteiger partial charge in [-0.1, -0.05) is 42.5 Å². The third-order valence-electron chi connectivity index (χ3n) is 4.41. The highest BCUT2D eigenvalue weighted by atomic mass is 16.7. The molecule has 0 bridgehead atoms. The Bertz CT molecular complexity index is 986. The second-order valence-electron chi connectivity index (χ2n) is 8.09. The van der Waals surface area contributed by atoms with Gasteiger partial charge in [0.1, 0.15) is 18.2 Å². The third kappa shape index (κ3) is 6.79. The van der Waals surface area contributed by atoms with E-state index in [2.05, 4.69) is 20.8 Å². The monoisotopic (exact) mass is 420 g/mol. The van der Waals surface area contributed by atoms with Gasteiger partial charge in [-0.05, 0) is 38.5 Å². The van der Waals surface area contributed by atoms with Gasteiger partial charge in [0.15, 0.2) is 0 Å². The normalized spacial score (nSPS) is 12.1. The Balaban J connectivity index is 1.73. The van der Waals surface area contributed by atoms with Gasteiger partial charge in [-0.25, -0.2) is 14.8 Å². The van der Waals surface area contributed by atoms with Crippen LogP contribution < -0.4 is 10.8 Å². The van der Waals surface area contributed by atoms with Crippen molar-refractivity contribution in [3.05, 3.63) is 72.6 Å². The van der Waals surface area contributed by atoms with Gasteiger partial charge in [-0.3, -0.25) is 10.3 Å². The quantitative estimate of drug-likeness (QED) is 0.410. The van der Waals surface area contributed by atoms with Crippen molar-refractivity contribution in [2.75, 3.05) is 17.9 Å². The molecule has 1 atom stereocenters. The number of benzene rings is 2. The number of esters is 1. The first-order valence-corrected chi connectivity index (χ1v) is 10.1. The van der Waals surface area contributed by atoms with E-state index in [0.717, 1.165) is 22.5 Å². The first-order valence-electron chi connectivity index (χ1n) is 10.1. The lowest BCUT2D eigenvalue weighted by Crippen LogP contribution is -2.33. The largest absolute Gasteiger partial charge is 0.467 e. The van der Waals surface area contributed by atoms with Gasteiger partial charge >= 0.3 is 5.97 Å². The van der Waals surface area contributed by atoms with Crippen LogP contribution in [0.2, 0.25) is 0 Å². The van der Waals surface area contributed by atoms with Crippen LogP contribution in [0.3, 0.4) is 0 Å². The zero-order valence-corrected chi connectivity index (χ0v) is 18.3. The molecule has 1 heterocycles. The lowest BCUT2D eigenvalue weighted by atomic mass is 10.1. The number of hydrogen-bond acceptors (Lipinski definition) is 7. The summed E-state index contributed by atoms with van der Waals surface area (Å²) < 4.78 is 4.97. The van der Waals surface area contributed by atoms with E-state index >= 15 is 0 Å². The first-order chi connectivity index (χ1) is 14.8. The molecular weight excluding hydrogens is 392 g/mol. The van der Waals surface area contributed by atoms with Gasteiger partial charge in [-0.15, -0.1) is 0 Å². The highest BCUT2D eigenvalue weighted by molar-refractivity contribution is 5.79. The van der Waals surface area contributed by atoms with E-state index in [9.17, 15) is 4.79 Å². The molecule has 162 valence electrons. The molecule has 0 fully saturated rings. The van der Waals surface area contributed by atoms with Crippen LogP contribution in [-0.2, 0) is 20.8 Å². The number of anilines is 2. The van der Waals surface area contributed by atoms with Crippen molar-refractivity contribution < 1.29 is 14.4 Å². The molecule has 31 heavy (non-hydrogen) atoms. The summed E-state index contributed by atoms with van der Waals surface area (Å²) in [6, 6.07) is 18.8. The van der Waals surface area contributed by atoms with Crippen LogP contribution in [0.4, 0.5) is 11.5 Å². The van der Waals surface area contributed by atoms with Gasteiger partial charge in [0.2, 0.25) is 0 Å². The Morgan fingerprint density at radius 2 is 1.74 bits per heavy atom. The number of hydrogen-bond donors (Lipinski definition) is 2. The van der Waals surface area contributed by atoms with Gasteiger partial charge in [0.25, 0.3) is 0 Å². The summed E-state index contributed by atoms with van der Waals surface area (Å²) in [7, 11) is 1.38. The number of rotatable bonds is 8. The molecule has 0 unspecified atom stereocenters. The molecule has 0 aliphatic heterocycles. The lowest BCUT2D eigenvalue weighted by Gasteiger charge is -2.20. The van der Waals surface area contributed by atoms with Crippen LogP contribution in [0.25, 0.3) is 11.3 Å². The number of carbonyl (C=O) groups excluding carboxylic acids is 1. The topological polar surface area (TPSA) is 85.4 Å². The number of carbonyl (C=O) groups is 1. The van der Waals surface area contributed by atoms with Crippen LogP contribution in [0, 0.1) is 0 Å². The predicted molar refractivity (Wildman–Crippen MR) is 122 cm³/mol. The van der Waals surface area contributed by atoms with E-state index in [1.54, 1.807) is 0 Å². The minimum Gasteiger partial charge on any atom is -0.467 e. The zero-order chi connectivity index (χ0) is 22.3. The maximum absolute atomic E-state index is 12.3. The van der Waals surface area contributed by atoms with Crippen molar-refractivity contribution in [2.24, 2.45) is 0 Å². The van der Waals surface area contributed by atoms with Crippen LogP contribution in [0.5, 0.6) is 0 Å². The van der Waals surface area contributed by atoms with E-state index in [1.807, 2.05) is 81.4 Å². The molecule has 3 aromatic rings. The highest BCUT2D eigenvalue weighted by Gasteiger charge is 2.20. The van der Waals surface area contributed by atoms with Crippen LogP contribution in [0.15, 0.2) is 67.0 Å². The first kappa shape index (κ1) is 22.2. The van der Waals surface area contributed by atoms with Crippen LogP contribution >= 0.6 is 0 Å². The van der Waals surface area contributed by atoms with E-state index in [-0.39, 0.29) is 11.6 Å². The average Bonchev–Trinajstić information content (AvgIpc) is 2.77. The molecule has 2 N–H and O–H groups in total. The smallest absolute Gasteiger partial charge is 0.328 e. The fourth-order valence-electron chi connectivity index (χ4n) is 2.88. The molecule has 0 aliphatic carbocycles. The summed E-state index contributed by atoms with van der Waals surface area (Å²) >= 11 is 0. The summed E-state index contributed by atoms with van der Waals surface area (Å²) in [5.41, 5.74) is 6.19. The van der Waals surface area contributed by atoms with Gasteiger partial charge in [0, 0.05) is 18.1 Å². The van der Waals surface area contributed by atoms with Crippen molar-refractivity contribution in [1.29, 1.82) is 0 Å². The summed E-state index contributed by atoms with van der Waals surface area (Å²) in [5, 5.41) is 3.18. The molecule has 3 rings (SSSR count). The van der Waals surface area contributed by atoms with Crippen LogP contribution in [0.1, 0.15) is 26.3 Å². The number of aromatic nitrogens is 2. The molecule has 7 heteroatoms. The Kier molecular flexibility index (Phi) is 7.20. The SMILES string of the molecule is COC(=O)[C@H](Cc1ccccc1)Nc1cc(-c2ccc(NOC(C)(C)C)cc2)ncn1. The number of methoxy groups -OCH3 is 1. The van der Waals surface area contributed by atoms with Gasteiger partial charge in [0.05, 0.1) is 24.1 Å². The standard InChI is InChI=1S/C24H28N4O3/c1-24(2,3)31-28-19-12-10-18(11-13-19)20-15-22(26-16-25-20)27-21(23(29)30-4)14-17-8-6-5-7-9-17/h5-13,15-16,21,28H,14H2,1-4H3,(H,25,26,27)/t21-/m0/s1. The Labute approximate surface area is 182 Å². The van der Waals surface area contributed by atoms with Crippen molar-refractivity contribution in [2.45, 2.75) is 38.8 Å². The van der Waals surface area contributed by atoms with Crippen molar-refractivity contribution in [3.63, 3.8) is 0 Å². The van der Waals surface area contributed by atoms with E-state index in [4.69, 9.17) is 9.57 Å². The number of ether oxygens (including phenoxy) is 1. The molecule has 0 saturated carbocycles. The fraction of sp³-hybridized carbons (Fsp3) is 0.292. The molecule has 0 amide bonds. The maximum Gasteiger partial charge on any atom is 0.328 e. The molecular formula is C24H28N4O3. The van der Waals surface area contributed by atoms with Gasteiger partial charge < -0.3 is 10.1 Å². The minimum atomic E-state index is -0.559. The number of nitrogens with zero attached hydrogens (tertiary/aromatic N) is 2. The molecule has 0 spiro atoms. The summed E-state index contributed by atoms with van der Waals surface area (Å²) in [6.07, 6.45) is 1.96. The molecule has 7 nitrogen and oxygen atoms in total. The summed E-state index contributed by atoms with van der Waals surface area (Å²) in [6.45, 7) is 5.93. The fourth-order valence-corrected chi connectivity index (χ4v) is 2.88. The molecule has 0 radical (unpaired) electrons. The minimum absolute atomic E-state index is 0.290. The van der Waals surface area contributed by atoms with Crippen molar-refractivity contribution >= 4 is 17.5 Å². The molecule has 1 aromatic heterocycles. The van der Waals surface area contributed by atoms with Crippen molar-refractivity contribution in [3.8, 4) is 11.3 Å². The Morgan fingerprint density at radius 1 is 1.03 bits per heavy atom. The zero-order valence-electron chi connectivity index (χ0n) is 18.3. The average molecular weight is 421 g/mol. The van der Waals surface area contributed by atoms with E-state index in [0.29, 0.717) is 12.2 Å². The van der Waals surface area contributed by atoms with Crippen LogP contribution in [-0.4, -0.2) is 34.7 Å². The Morgan fingerprint density at radius 3 is 2.39 bits per heavy atom. The highest BCUT2D eigenvalue weighted by Crippen LogP contribution is 2.22. The lowest BCUT2D eigenvalue weighted by molar-refractivity contribution is -0.141. The maximum atomic E-state index is 12.3. The summed E-state index contributed by atoms with van der Waals surface area (Å²) in [4.78, 5) is 26.5. The second kappa shape index (κ2) is 10.0.